The molecule has 0 N–H and O–H groups in total. The zero-order valence-corrected chi connectivity index (χ0v) is 23.4. The second-order valence-corrected chi connectivity index (χ2v) is 10.2. The fourth-order valence-corrected chi connectivity index (χ4v) is 5.30. The molecule has 0 saturated carbocycles. The number of nitrogens with zero attached hydrogens (tertiary/aromatic N) is 3. The lowest BCUT2D eigenvalue weighted by atomic mass is 10.1. The summed E-state index contributed by atoms with van der Waals surface area (Å²) in [5, 5.41) is 0.542. The van der Waals surface area contributed by atoms with Gasteiger partial charge < -0.3 is 19.1 Å². The summed E-state index contributed by atoms with van der Waals surface area (Å²) in [7, 11) is 1.70. The first-order valence-electron chi connectivity index (χ1n) is 13.2. The molecule has 0 radical (unpaired) electrons. The third kappa shape index (κ3) is 6.55. The van der Waals surface area contributed by atoms with Gasteiger partial charge in [-0.3, -0.25) is 14.5 Å². The Bertz CT molecular complexity index is 1430. The molecule has 0 atom stereocenters. The van der Waals surface area contributed by atoms with E-state index in [4.69, 9.17) is 14.2 Å². The summed E-state index contributed by atoms with van der Waals surface area (Å²) in [6, 6.07) is 22.8. The summed E-state index contributed by atoms with van der Waals surface area (Å²) >= 11 is 1.29. The number of carbonyl (C=O) groups excluding carboxylic acids is 2. The van der Waals surface area contributed by atoms with Crippen molar-refractivity contribution in [1.29, 1.82) is 0 Å². The van der Waals surface area contributed by atoms with Crippen LogP contribution in [0.3, 0.4) is 0 Å². The topological polar surface area (TPSA) is 80.7 Å². The summed E-state index contributed by atoms with van der Waals surface area (Å²) in [6.45, 7) is 5.07. The van der Waals surface area contributed by atoms with Crippen LogP contribution in [-0.4, -0.2) is 66.7 Å². The highest BCUT2D eigenvalue weighted by molar-refractivity contribution is 8.18. The third-order valence-electron chi connectivity index (χ3n) is 6.42. The Hall–Kier alpha value is -4.08. The average molecular weight is 558 g/mol. The Morgan fingerprint density at radius 1 is 1.00 bits per heavy atom. The van der Waals surface area contributed by atoms with E-state index in [1.165, 1.54) is 16.7 Å². The maximum absolute atomic E-state index is 13.1. The first-order chi connectivity index (χ1) is 19.5. The number of carbonyl (C=O) groups is 2. The number of ether oxygens (including phenoxy) is 3. The van der Waals surface area contributed by atoms with Crippen LogP contribution in [0.5, 0.6) is 11.5 Å². The SMILES string of the molecule is CCOc1cc(/C=C2/SC(=Nc3cccc(C(=O)N4CCOCC4)c3)N(C)C2=O)ccc1OCc1ccccc1. The Balaban J connectivity index is 1.32. The van der Waals surface area contributed by atoms with Gasteiger partial charge in [0.05, 0.1) is 30.4 Å². The zero-order chi connectivity index (χ0) is 27.9. The molecule has 0 spiro atoms. The molecule has 40 heavy (non-hydrogen) atoms. The quantitative estimate of drug-likeness (QED) is 0.347. The predicted molar refractivity (Wildman–Crippen MR) is 157 cm³/mol. The van der Waals surface area contributed by atoms with Crippen molar-refractivity contribution in [3.63, 3.8) is 0 Å². The summed E-state index contributed by atoms with van der Waals surface area (Å²) in [6.07, 6.45) is 1.83. The van der Waals surface area contributed by atoms with Crippen molar-refractivity contribution >= 4 is 40.5 Å². The smallest absolute Gasteiger partial charge is 0.266 e. The van der Waals surface area contributed by atoms with Gasteiger partial charge in [0.25, 0.3) is 11.8 Å². The van der Waals surface area contributed by atoms with Gasteiger partial charge in [-0.15, -0.1) is 0 Å². The first-order valence-corrected chi connectivity index (χ1v) is 14.0. The van der Waals surface area contributed by atoms with Crippen molar-refractivity contribution in [1.82, 2.24) is 9.80 Å². The number of thioether (sulfide) groups is 1. The number of amidine groups is 1. The van der Waals surface area contributed by atoms with Gasteiger partial charge in [-0.2, -0.15) is 0 Å². The van der Waals surface area contributed by atoms with E-state index in [0.29, 0.717) is 72.3 Å². The van der Waals surface area contributed by atoms with Gasteiger partial charge in [0, 0.05) is 25.7 Å². The van der Waals surface area contributed by atoms with Gasteiger partial charge >= 0.3 is 0 Å². The van der Waals surface area contributed by atoms with Gasteiger partial charge in [0.2, 0.25) is 0 Å². The minimum absolute atomic E-state index is 0.0456. The number of hydrogen-bond donors (Lipinski definition) is 0. The number of likely N-dealkylation sites (N-methyl/N-ethyl adjacent to an activating group) is 1. The Morgan fingerprint density at radius 3 is 2.58 bits per heavy atom. The Morgan fingerprint density at radius 2 is 1.80 bits per heavy atom. The molecule has 8 nitrogen and oxygen atoms in total. The highest BCUT2D eigenvalue weighted by Gasteiger charge is 2.30. The van der Waals surface area contributed by atoms with Crippen molar-refractivity contribution in [2.75, 3.05) is 40.0 Å². The van der Waals surface area contributed by atoms with Crippen LogP contribution in [0.1, 0.15) is 28.4 Å². The van der Waals surface area contributed by atoms with E-state index >= 15 is 0 Å². The maximum Gasteiger partial charge on any atom is 0.266 e. The number of amides is 2. The van der Waals surface area contributed by atoms with Crippen LogP contribution in [0.15, 0.2) is 82.7 Å². The van der Waals surface area contributed by atoms with Crippen molar-refractivity contribution in [3.05, 3.63) is 94.4 Å². The molecule has 2 amide bonds. The highest BCUT2D eigenvalue weighted by atomic mass is 32.2. The monoisotopic (exact) mass is 557 g/mol. The summed E-state index contributed by atoms with van der Waals surface area (Å²) in [5.41, 5.74) is 3.06. The Labute approximate surface area is 238 Å². The van der Waals surface area contributed by atoms with Crippen molar-refractivity contribution in [3.8, 4) is 11.5 Å². The molecule has 3 aromatic rings. The fraction of sp³-hybridized carbons (Fsp3) is 0.258. The molecule has 2 fully saturated rings. The van der Waals surface area contributed by atoms with Crippen LogP contribution in [0, 0.1) is 0 Å². The van der Waals surface area contributed by atoms with Gasteiger partial charge in [-0.05, 0) is 66.2 Å². The predicted octanol–water partition coefficient (Wildman–Crippen LogP) is 5.37. The van der Waals surface area contributed by atoms with Crippen LogP contribution in [0.4, 0.5) is 5.69 Å². The Kier molecular flexibility index (Phi) is 8.83. The van der Waals surface area contributed by atoms with Gasteiger partial charge in [0.15, 0.2) is 16.7 Å². The normalized spacial score (nSPS) is 17.5. The molecule has 2 aliphatic heterocycles. The van der Waals surface area contributed by atoms with Gasteiger partial charge in [-0.25, -0.2) is 4.99 Å². The highest BCUT2D eigenvalue weighted by Crippen LogP contribution is 2.35. The van der Waals surface area contributed by atoms with Crippen LogP contribution < -0.4 is 9.47 Å². The number of aliphatic imine (C=N–C) groups is 1. The summed E-state index contributed by atoms with van der Waals surface area (Å²) in [4.78, 5) is 34.5. The molecule has 0 bridgehead atoms. The van der Waals surface area contributed by atoms with Crippen molar-refractivity contribution in [2.24, 2.45) is 4.99 Å². The summed E-state index contributed by atoms with van der Waals surface area (Å²) < 4.78 is 17.2. The maximum atomic E-state index is 13.1. The number of rotatable bonds is 8. The molecule has 3 aromatic carbocycles. The third-order valence-corrected chi connectivity index (χ3v) is 7.48. The lowest BCUT2D eigenvalue weighted by Crippen LogP contribution is -2.40. The molecule has 0 aliphatic carbocycles. The van der Waals surface area contributed by atoms with Crippen molar-refractivity contribution < 1.29 is 23.8 Å². The summed E-state index contributed by atoms with van der Waals surface area (Å²) in [5.74, 6) is 1.07. The van der Waals surface area contributed by atoms with Crippen LogP contribution in [0.25, 0.3) is 6.08 Å². The number of benzene rings is 3. The minimum atomic E-state index is -0.147. The van der Waals surface area contributed by atoms with Gasteiger partial charge in [-0.1, -0.05) is 42.5 Å². The van der Waals surface area contributed by atoms with E-state index in [-0.39, 0.29) is 11.8 Å². The molecule has 206 valence electrons. The van der Waals surface area contributed by atoms with Crippen LogP contribution in [-0.2, 0) is 16.1 Å². The molecular weight excluding hydrogens is 526 g/mol. The molecule has 5 rings (SSSR count). The lowest BCUT2D eigenvalue weighted by molar-refractivity contribution is -0.121. The molecule has 9 heteroatoms. The van der Waals surface area contributed by atoms with Crippen LogP contribution in [0.2, 0.25) is 0 Å². The molecule has 0 unspecified atom stereocenters. The number of morpholine rings is 1. The van der Waals surface area contributed by atoms with E-state index in [1.54, 1.807) is 24.1 Å². The molecule has 2 heterocycles. The van der Waals surface area contributed by atoms with E-state index in [0.717, 1.165) is 11.1 Å². The lowest BCUT2D eigenvalue weighted by Gasteiger charge is -2.26. The zero-order valence-electron chi connectivity index (χ0n) is 22.5. The van der Waals surface area contributed by atoms with E-state index in [1.807, 2.05) is 73.7 Å². The van der Waals surface area contributed by atoms with E-state index < -0.39 is 0 Å². The second-order valence-electron chi connectivity index (χ2n) is 9.24. The molecule has 2 saturated heterocycles. The van der Waals surface area contributed by atoms with Crippen LogP contribution >= 0.6 is 11.8 Å². The first kappa shape index (κ1) is 27.5. The second kappa shape index (κ2) is 12.8. The minimum Gasteiger partial charge on any atom is -0.490 e. The fourth-order valence-electron chi connectivity index (χ4n) is 4.31. The molecular formula is C31H31N3O5S. The largest absolute Gasteiger partial charge is 0.490 e. The number of hydrogen-bond acceptors (Lipinski definition) is 7. The molecule has 2 aliphatic rings. The molecule has 0 aromatic heterocycles. The average Bonchev–Trinajstić information content (AvgIpc) is 3.25. The van der Waals surface area contributed by atoms with E-state index in [9.17, 15) is 9.59 Å². The van der Waals surface area contributed by atoms with Crippen molar-refractivity contribution in [2.45, 2.75) is 13.5 Å². The van der Waals surface area contributed by atoms with E-state index in [2.05, 4.69) is 4.99 Å². The standard InChI is InChI=1S/C31H31N3O5S/c1-3-38-27-18-23(12-13-26(27)39-21-22-8-5-4-6-9-22)19-28-30(36)33(2)31(40-28)32-25-11-7-10-24(20-25)29(35)34-14-16-37-17-15-34/h4-13,18-20H,3,14-17,21H2,1-2H3/b28-19+,32-31?. The van der Waals surface area contributed by atoms with Gasteiger partial charge in [0.1, 0.15) is 6.61 Å².